The Hall–Kier alpha value is -2.05. The molecule has 0 saturated carbocycles. The third-order valence-electron chi connectivity index (χ3n) is 3.50. The molecular formula is C14H14F3NO3. The Morgan fingerprint density at radius 1 is 1.33 bits per heavy atom. The third-order valence-corrected chi connectivity index (χ3v) is 3.50. The summed E-state index contributed by atoms with van der Waals surface area (Å²) in [4.78, 5) is 24.2. The fourth-order valence-electron chi connectivity index (χ4n) is 2.33. The van der Waals surface area contributed by atoms with Crippen molar-refractivity contribution in [1.29, 1.82) is 0 Å². The van der Waals surface area contributed by atoms with Crippen LogP contribution in [-0.4, -0.2) is 35.0 Å². The summed E-state index contributed by atoms with van der Waals surface area (Å²) in [5.41, 5.74) is -0.522. The zero-order valence-corrected chi connectivity index (χ0v) is 11.1. The van der Waals surface area contributed by atoms with Crippen LogP contribution < -0.4 is 0 Å². The molecule has 0 spiro atoms. The number of carbonyl (C=O) groups excluding carboxylic acids is 1. The highest BCUT2D eigenvalue weighted by atomic mass is 19.4. The summed E-state index contributed by atoms with van der Waals surface area (Å²) in [6.45, 7) is 0.446. The highest BCUT2D eigenvalue weighted by Crippen LogP contribution is 2.29. The van der Waals surface area contributed by atoms with E-state index >= 15 is 0 Å². The molecule has 1 unspecified atom stereocenters. The lowest BCUT2D eigenvalue weighted by molar-refractivity contribution is -0.141. The predicted octanol–water partition coefficient (Wildman–Crippen LogP) is 2.18. The number of alkyl halides is 3. The van der Waals surface area contributed by atoms with Crippen LogP contribution in [0.15, 0.2) is 24.3 Å². The normalized spacial score (nSPS) is 18.8. The molecule has 1 atom stereocenters. The van der Waals surface area contributed by atoms with E-state index in [2.05, 4.69) is 0 Å². The Labute approximate surface area is 119 Å². The molecule has 1 N–H and O–H groups in total. The zero-order valence-electron chi connectivity index (χ0n) is 11.1. The van der Waals surface area contributed by atoms with Gasteiger partial charge in [0.15, 0.2) is 0 Å². The summed E-state index contributed by atoms with van der Waals surface area (Å²) in [5.74, 6) is -1.89. The van der Waals surface area contributed by atoms with Crippen LogP contribution in [0.25, 0.3) is 0 Å². The van der Waals surface area contributed by atoms with Crippen molar-refractivity contribution in [2.75, 3.05) is 13.1 Å². The van der Waals surface area contributed by atoms with Gasteiger partial charge in [0.25, 0.3) is 0 Å². The first-order chi connectivity index (χ1) is 9.77. The largest absolute Gasteiger partial charge is 0.481 e. The van der Waals surface area contributed by atoms with Gasteiger partial charge in [-0.3, -0.25) is 9.59 Å². The van der Waals surface area contributed by atoms with Gasteiger partial charge >= 0.3 is 12.1 Å². The molecule has 1 heterocycles. The van der Waals surface area contributed by atoms with Gasteiger partial charge < -0.3 is 10.0 Å². The highest BCUT2D eigenvalue weighted by Gasteiger charge is 2.32. The number of hydrogen-bond acceptors (Lipinski definition) is 2. The molecule has 1 aromatic rings. The van der Waals surface area contributed by atoms with Crippen molar-refractivity contribution in [3.8, 4) is 0 Å². The Kier molecular flexibility index (Phi) is 4.20. The molecule has 0 aromatic heterocycles. The molecule has 0 aliphatic carbocycles. The maximum Gasteiger partial charge on any atom is 0.416 e. The zero-order chi connectivity index (χ0) is 15.6. The second-order valence-corrected chi connectivity index (χ2v) is 5.04. The average Bonchev–Trinajstić information content (AvgIpc) is 2.88. The van der Waals surface area contributed by atoms with Crippen molar-refractivity contribution in [2.24, 2.45) is 5.92 Å². The van der Waals surface area contributed by atoms with Crippen molar-refractivity contribution in [3.63, 3.8) is 0 Å². The molecular weight excluding hydrogens is 287 g/mol. The number of hydrogen-bond donors (Lipinski definition) is 1. The third kappa shape index (κ3) is 3.74. The number of carboxylic acids is 1. The second kappa shape index (κ2) is 5.75. The van der Waals surface area contributed by atoms with Gasteiger partial charge in [-0.1, -0.05) is 18.2 Å². The summed E-state index contributed by atoms with van der Waals surface area (Å²) in [7, 11) is 0. The SMILES string of the molecule is O=C(O)C1CCN(C(=O)Cc2cccc(C(F)(F)F)c2)C1. The van der Waals surface area contributed by atoms with E-state index in [1.54, 1.807) is 0 Å². The molecule has 1 aromatic carbocycles. The van der Waals surface area contributed by atoms with E-state index in [0.29, 0.717) is 13.0 Å². The number of rotatable bonds is 3. The second-order valence-electron chi connectivity index (χ2n) is 5.04. The monoisotopic (exact) mass is 301 g/mol. The lowest BCUT2D eigenvalue weighted by Gasteiger charge is -2.16. The average molecular weight is 301 g/mol. The molecule has 114 valence electrons. The number of nitrogens with zero attached hydrogens (tertiary/aromatic N) is 1. The molecule has 7 heteroatoms. The minimum Gasteiger partial charge on any atom is -0.481 e. The molecule has 21 heavy (non-hydrogen) atoms. The van der Waals surface area contributed by atoms with E-state index < -0.39 is 23.6 Å². The smallest absolute Gasteiger partial charge is 0.416 e. The van der Waals surface area contributed by atoms with Gasteiger partial charge in [0, 0.05) is 13.1 Å². The summed E-state index contributed by atoms with van der Waals surface area (Å²) in [5, 5.41) is 8.87. The van der Waals surface area contributed by atoms with E-state index in [1.807, 2.05) is 0 Å². The Bertz CT molecular complexity index is 557. The minimum absolute atomic E-state index is 0.118. The summed E-state index contributed by atoms with van der Waals surface area (Å²) < 4.78 is 37.8. The Morgan fingerprint density at radius 2 is 2.05 bits per heavy atom. The van der Waals surface area contributed by atoms with Crippen molar-refractivity contribution in [1.82, 2.24) is 4.90 Å². The molecule has 1 fully saturated rings. The number of likely N-dealkylation sites (tertiary alicyclic amines) is 1. The minimum atomic E-state index is -4.44. The van der Waals surface area contributed by atoms with Crippen molar-refractivity contribution in [3.05, 3.63) is 35.4 Å². The highest BCUT2D eigenvalue weighted by molar-refractivity contribution is 5.80. The lowest BCUT2D eigenvalue weighted by atomic mass is 10.1. The van der Waals surface area contributed by atoms with Crippen LogP contribution in [0.1, 0.15) is 17.5 Å². The van der Waals surface area contributed by atoms with Crippen LogP contribution in [0.4, 0.5) is 13.2 Å². The molecule has 1 aliphatic heterocycles. The number of amides is 1. The van der Waals surface area contributed by atoms with Gasteiger partial charge in [-0.25, -0.2) is 0 Å². The van der Waals surface area contributed by atoms with Crippen molar-refractivity contribution < 1.29 is 27.9 Å². The van der Waals surface area contributed by atoms with Crippen LogP contribution >= 0.6 is 0 Å². The van der Waals surface area contributed by atoms with E-state index in [-0.39, 0.29) is 24.4 Å². The van der Waals surface area contributed by atoms with Gasteiger partial charge in [-0.15, -0.1) is 0 Å². The van der Waals surface area contributed by atoms with Crippen molar-refractivity contribution >= 4 is 11.9 Å². The van der Waals surface area contributed by atoms with Crippen LogP contribution in [0, 0.1) is 5.92 Å². The van der Waals surface area contributed by atoms with Crippen LogP contribution in [-0.2, 0) is 22.2 Å². The van der Waals surface area contributed by atoms with E-state index in [4.69, 9.17) is 5.11 Å². The molecule has 1 aliphatic rings. The molecule has 0 radical (unpaired) electrons. The molecule has 1 saturated heterocycles. The Balaban J connectivity index is 2.02. The van der Waals surface area contributed by atoms with Crippen molar-refractivity contribution in [2.45, 2.75) is 19.0 Å². The van der Waals surface area contributed by atoms with Gasteiger partial charge in [0.1, 0.15) is 0 Å². The van der Waals surface area contributed by atoms with E-state index in [1.165, 1.54) is 17.0 Å². The number of carbonyl (C=O) groups is 2. The van der Waals surface area contributed by atoms with E-state index in [0.717, 1.165) is 12.1 Å². The first-order valence-corrected chi connectivity index (χ1v) is 6.44. The maximum absolute atomic E-state index is 12.6. The maximum atomic E-state index is 12.6. The number of benzene rings is 1. The standard InChI is InChI=1S/C14H14F3NO3/c15-14(16,17)11-3-1-2-9(6-11)7-12(19)18-5-4-10(8-18)13(20)21/h1-3,6,10H,4-5,7-8H2,(H,20,21). The molecule has 0 bridgehead atoms. The summed E-state index contributed by atoms with van der Waals surface area (Å²) >= 11 is 0. The van der Waals surface area contributed by atoms with Gasteiger partial charge in [0.05, 0.1) is 17.9 Å². The fraction of sp³-hybridized carbons (Fsp3) is 0.429. The van der Waals surface area contributed by atoms with Gasteiger partial charge in [-0.2, -0.15) is 13.2 Å². The quantitative estimate of drug-likeness (QED) is 0.931. The number of halogens is 3. The molecule has 2 rings (SSSR count). The van der Waals surface area contributed by atoms with Crippen LogP contribution in [0.2, 0.25) is 0 Å². The Morgan fingerprint density at radius 3 is 2.62 bits per heavy atom. The van der Waals surface area contributed by atoms with Gasteiger partial charge in [-0.05, 0) is 18.1 Å². The van der Waals surface area contributed by atoms with Crippen LogP contribution in [0.5, 0.6) is 0 Å². The first kappa shape index (κ1) is 15.3. The van der Waals surface area contributed by atoms with Gasteiger partial charge in [0.2, 0.25) is 5.91 Å². The topological polar surface area (TPSA) is 57.6 Å². The van der Waals surface area contributed by atoms with Crippen LogP contribution in [0.3, 0.4) is 0 Å². The predicted molar refractivity (Wildman–Crippen MR) is 67.5 cm³/mol. The summed E-state index contributed by atoms with van der Waals surface area (Å²) in [6, 6.07) is 4.61. The van der Waals surface area contributed by atoms with E-state index in [9.17, 15) is 22.8 Å². The summed E-state index contributed by atoms with van der Waals surface area (Å²) in [6.07, 6.45) is -4.22. The molecule has 4 nitrogen and oxygen atoms in total. The number of carboxylic acid groups (broad SMARTS) is 1. The molecule has 1 amide bonds. The number of aliphatic carboxylic acids is 1. The lowest BCUT2D eigenvalue weighted by Crippen LogP contribution is -2.31. The fourth-order valence-corrected chi connectivity index (χ4v) is 2.33. The first-order valence-electron chi connectivity index (χ1n) is 6.44.